The van der Waals surface area contributed by atoms with Gasteiger partial charge in [-0.2, -0.15) is 0 Å². The number of rotatable bonds is 3. The third-order valence-electron chi connectivity index (χ3n) is 5.08. The lowest BCUT2D eigenvalue weighted by Crippen LogP contribution is -2.64. The summed E-state index contributed by atoms with van der Waals surface area (Å²) in [6.07, 6.45) is 2.80. The first kappa shape index (κ1) is 14.9. The van der Waals surface area contributed by atoms with Crippen LogP contribution in [-0.4, -0.2) is 35.7 Å². The summed E-state index contributed by atoms with van der Waals surface area (Å²) >= 11 is 0. The van der Waals surface area contributed by atoms with Crippen molar-refractivity contribution in [1.82, 2.24) is 15.1 Å². The summed E-state index contributed by atoms with van der Waals surface area (Å²) in [5.41, 5.74) is 2.86. The van der Waals surface area contributed by atoms with Gasteiger partial charge in [-0.05, 0) is 30.5 Å². The van der Waals surface area contributed by atoms with Gasteiger partial charge in [0.1, 0.15) is 6.29 Å². The van der Waals surface area contributed by atoms with E-state index in [-0.39, 0.29) is 0 Å². The molecular weight excluding hydrogens is 282 g/mol. The summed E-state index contributed by atoms with van der Waals surface area (Å²) in [4.78, 5) is 5.25. The van der Waals surface area contributed by atoms with E-state index in [1.807, 2.05) is 0 Å². The van der Waals surface area contributed by atoms with Crippen molar-refractivity contribution in [1.29, 1.82) is 0 Å². The Balaban J connectivity index is 1.54. The molecule has 2 saturated heterocycles. The van der Waals surface area contributed by atoms with Gasteiger partial charge in [-0.15, -0.1) is 0 Å². The molecule has 0 saturated carbocycles. The summed E-state index contributed by atoms with van der Waals surface area (Å²) < 4.78 is 0. The molecule has 2 aliphatic rings. The predicted octanol–water partition coefficient (Wildman–Crippen LogP) is 3.21. The Morgan fingerprint density at radius 3 is 2.43 bits per heavy atom. The minimum Gasteiger partial charge on any atom is -0.289 e. The van der Waals surface area contributed by atoms with Crippen molar-refractivity contribution in [2.75, 3.05) is 19.6 Å². The van der Waals surface area contributed by atoms with Gasteiger partial charge in [-0.1, -0.05) is 60.7 Å². The zero-order chi connectivity index (χ0) is 15.5. The molecule has 4 rings (SSSR count). The standard InChI is InChI=1S/C20H25N3/c1-3-8-17(9-4-1)16-22-14-7-15-23-19(12-13-21-20(22)23)18-10-5-2-6-11-18/h1-6,8-11,19-21H,7,12-16H2. The molecule has 0 bridgehead atoms. The molecule has 23 heavy (non-hydrogen) atoms. The molecular formula is C20H25N3. The van der Waals surface area contributed by atoms with Crippen LogP contribution < -0.4 is 5.32 Å². The number of hydrogen-bond donors (Lipinski definition) is 1. The van der Waals surface area contributed by atoms with E-state index in [0.29, 0.717) is 12.3 Å². The van der Waals surface area contributed by atoms with Crippen molar-refractivity contribution < 1.29 is 0 Å². The van der Waals surface area contributed by atoms with Gasteiger partial charge in [0.15, 0.2) is 0 Å². The second kappa shape index (κ2) is 6.83. The number of nitrogens with one attached hydrogen (secondary N) is 1. The van der Waals surface area contributed by atoms with Crippen LogP contribution in [0.15, 0.2) is 60.7 Å². The maximum Gasteiger partial charge on any atom is 0.117 e. The van der Waals surface area contributed by atoms with Gasteiger partial charge >= 0.3 is 0 Å². The molecule has 2 fully saturated rings. The second-order valence-electron chi connectivity index (χ2n) is 6.59. The van der Waals surface area contributed by atoms with E-state index >= 15 is 0 Å². The van der Waals surface area contributed by atoms with E-state index in [4.69, 9.17) is 0 Å². The summed E-state index contributed by atoms with van der Waals surface area (Å²) in [6, 6.07) is 22.4. The molecule has 120 valence electrons. The zero-order valence-corrected chi connectivity index (χ0v) is 13.6. The molecule has 2 atom stereocenters. The van der Waals surface area contributed by atoms with Crippen LogP contribution in [-0.2, 0) is 6.54 Å². The van der Waals surface area contributed by atoms with E-state index in [2.05, 4.69) is 75.8 Å². The van der Waals surface area contributed by atoms with Crippen molar-refractivity contribution in [3.8, 4) is 0 Å². The fourth-order valence-electron chi connectivity index (χ4n) is 4.02. The van der Waals surface area contributed by atoms with Gasteiger partial charge in [-0.3, -0.25) is 15.1 Å². The fourth-order valence-corrected chi connectivity index (χ4v) is 4.02. The Morgan fingerprint density at radius 1 is 0.913 bits per heavy atom. The minimum absolute atomic E-state index is 0.364. The van der Waals surface area contributed by atoms with Gasteiger partial charge in [0.05, 0.1) is 0 Å². The first-order valence-electron chi connectivity index (χ1n) is 8.74. The molecule has 2 heterocycles. The highest BCUT2D eigenvalue weighted by Crippen LogP contribution is 2.32. The van der Waals surface area contributed by atoms with E-state index < -0.39 is 0 Å². The summed E-state index contributed by atoms with van der Waals surface area (Å²) in [5.74, 6) is 0. The number of nitrogens with zero attached hydrogens (tertiary/aromatic N) is 2. The lowest BCUT2D eigenvalue weighted by atomic mass is 9.98. The molecule has 2 aliphatic heterocycles. The molecule has 1 N–H and O–H groups in total. The summed E-state index contributed by atoms with van der Waals surface area (Å²) in [6.45, 7) is 4.47. The molecule has 0 amide bonds. The molecule has 0 spiro atoms. The molecule has 0 aliphatic carbocycles. The number of fused-ring (bicyclic) bond motifs is 1. The van der Waals surface area contributed by atoms with Crippen molar-refractivity contribution >= 4 is 0 Å². The molecule has 2 aromatic carbocycles. The SMILES string of the molecule is c1ccc(CN2CCCN3C(c4ccccc4)CCNC23)cc1. The largest absolute Gasteiger partial charge is 0.289 e. The van der Waals surface area contributed by atoms with Crippen molar-refractivity contribution in [3.05, 3.63) is 71.8 Å². The van der Waals surface area contributed by atoms with Crippen LogP contribution in [0.3, 0.4) is 0 Å². The fraction of sp³-hybridized carbons (Fsp3) is 0.400. The monoisotopic (exact) mass is 307 g/mol. The number of hydrogen-bond acceptors (Lipinski definition) is 3. The zero-order valence-electron chi connectivity index (χ0n) is 13.6. The average Bonchev–Trinajstić information content (AvgIpc) is 2.63. The smallest absolute Gasteiger partial charge is 0.117 e. The normalized spacial score (nSPS) is 25.9. The maximum atomic E-state index is 3.74. The molecule has 2 aromatic rings. The molecule has 0 radical (unpaired) electrons. The van der Waals surface area contributed by atoms with Crippen LogP contribution in [0.2, 0.25) is 0 Å². The second-order valence-corrected chi connectivity index (χ2v) is 6.59. The third kappa shape index (κ3) is 3.18. The van der Waals surface area contributed by atoms with Crippen LogP contribution in [0.4, 0.5) is 0 Å². The molecule has 2 unspecified atom stereocenters. The van der Waals surface area contributed by atoms with Crippen LogP contribution in [0.5, 0.6) is 0 Å². The third-order valence-corrected chi connectivity index (χ3v) is 5.08. The van der Waals surface area contributed by atoms with Gasteiger partial charge in [-0.25, -0.2) is 0 Å². The predicted molar refractivity (Wildman–Crippen MR) is 93.8 cm³/mol. The highest BCUT2D eigenvalue weighted by molar-refractivity contribution is 5.20. The highest BCUT2D eigenvalue weighted by atomic mass is 15.5. The van der Waals surface area contributed by atoms with Crippen LogP contribution in [0.25, 0.3) is 0 Å². The van der Waals surface area contributed by atoms with E-state index in [1.165, 1.54) is 37.1 Å². The first-order chi connectivity index (χ1) is 11.4. The van der Waals surface area contributed by atoms with Crippen LogP contribution in [0.1, 0.15) is 30.0 Å². The quantitative estimate of drug-likeness (QED) is 0.939. The van der Waals surface area contributed by atoms with Gasteiger partial charge in [0.2, 0.25) is 0 Å². The van der Waals surface area contributed by atoms with Gasteiger partial charge in [0, 0.05) is 25.7 Å². The topological polar surface area (TPSA) is 18.5 Å². The molecule has 3 heteroatoms. The average molecular weight is 307 g/mol. The summed E-state index contributed by atoms with van der Waals surface area (Å²) in [7, 11) is 0. The molecule has 0 aromatic heterocycles. The lowest BCUT2D eigenvalue weighted by molar-refractivity contribution is -0.0705. The highest BCUT2D eigenvalue weighted by Gasteiger charge is 2.36. The van der Waals surface area contributed by atoms with Crippen molar-refractivity contribution in [2.24, 2.45) is 0 Å². The summed E-state index contributed by atoms with van der Waals surface area (Å²) in [5, 5.41) is 3.74. The first-order valence-corrected chi connectivity index (χ1v) is 8.74. The van der Waals surface area contributed by atoms with E-state index in [1.54, 1.807) is 0 Å². The van der Waals surface area contributed by atoms with E-state index in [9.17, 15) is 0 Å². The maximum absolute atomic E-state index is 3.74. The Labute approximate surface area is 138 Å². The van der Waals surface area contributed by atoms with Crippen molar-refractivity contribution in [2.45, 2.75) is 31.7 Å². The van der Waals surface area contributed by atoms with Gasteiger partial charge in [0.25, 0.3) is 0 Å². The van der Waals surface area contributed by atoms with Crippen LogP contribution in [0, 0.1) is 0 Å². The Bertz CT molecular complexity index is 613. The number of benzene rings is 2. The Morgan fingerprint density at radius 2 is 1.65 bits per heavy atom. The Hall–Kier alpha value is -1.68. The minimum atomic E-state index is 0.364. The lowest BCUT2D eigenvalue weighted by Gasteiger charge is -2.50. The van der Waals surface area contributed by atoms with Crippen molar-refractivity contribution in [3.63, 3.8) is 0 Å². The van der Waals surface area contributed by atoms with Gasteiger partial charge < -0.3 is 0 Å². The Kier molecular flexibility index (Phi) is 4.42. The van der Waals surface area contributed by atoms with Crippen LogP contribution >= 0.6 is 0 Å². The van der Waals surface area contributed by atoms with E-state index in [0.717, 1.165) is 13.1 Å². The molecule has 3 nitrogen and oxygen atoms in total.